The summed E-state index contributed by atoms with van der Waals surface area (Å²) in [7, 11) is 0. The largest absolute Gasteiger partial charge is 0.352 e. The molecular formula is C23H22ClN5O3S. The standard InChI is InChI=1S/C23H22ClN5O3S/c24-17-9-4-10-18(12-17)26-20(31)21-27-28-22(33-21)23(32)29-11-5-8-16(14-29)19(30)25-13-15-6-2-1-3-7-15/h1-4,6-7,9-10,12,16H,5,8,11,13-14H2,(H,25,30)(H,26,31)/t16-/m1/s1. The number of anilines is 1. The molecule has 10 heteroatoms. The molecule has 1 saturated heterocycles. The highest BCUT2D eigenvalue weighted by molar-refractivity contribution is 7.15. The minimum absolute atomic E-state index is 0.0739. The average molecular weight is 484 g/mol. The van der Waals surface area contributed by atoms with Gasteiger partial charge in [0.25, 0.3) is 11.8 Å². The molecule has 3 aromatic rings. The lowest BCUT2D eigenvalue weighted by Crippen LogP contribution is -2.45. The Bertz CT molecular complexity index is 1150. The van der Waals surface area contributed by atoms with Gasteiger partial charge in [0, 0.05) is 30.3 Å². The van der Waals surface area contributed by atoms with E-state index in [-0.39, 0.29) is 27.7 Å². The molecule has 0 bridgehead atoms. The number of aromatic nitrogens is 2. The Morgan fingerprint density at radius 2 is 1.85 bits per heavy atom. The summed E-state index contributed by atoms with van der Waals surface area (Å²) in [6.07, 6.45) is 1.43. The summed E-state index contributed by atoms with van der Waals surface area (Å²) in [5, 5.41) is 14.1. The van der Waals surface area contributed by atoms with Gasteiger partial charge in [-0.05, 0) is 36.6 Å². The molecule has 2 heterocycles. The second kappa shape index (κ2) is 10.5. The molecule has 33 heavy (non-hydrogen) atoms. The van der Waals surface area contributed by atoms with Crippen molar-refractivity contribution in [3.8, 4) is 0 Å². The summed E-state index contributed by atoms with van der Waals surface area (Å²) in [6.45, 7) is 1.29. The molecule has 1 aromatic heterocycles. The van der Waals surface area contributed by atoms with Crippen LogP contribution in [-0.4, -0.2) is 45.9 Å². The van der Waals surface area contributed by atoms with E-state index in [1.165, 1.54) is 0 Å². The topological polar surface area (TPSA) is 104 Å². The van der Waals surface area contributed by atoms with Gasteiger partial charge in [0.1, 0.15) is 0 Å². The van der Waals surface area contributed by atoms with Crippen LogP contribution in [0.25, 0.3) is 0 Å². The second-order valence-corrected chi connectivity index (χ2v) is 9.08. The first-order valence-electron chi connectivity index (χ1n) is 10.5. The van der Waals surface area contributed by atoms with E-state index in [0.29, 0.717) is 36.8 Å². The number of rotatable bonds is 6. The van der Waals surface area contributed by atoms with E-state index in [4.69, 9.17) is 11.6 Å². The monoisotopic (exact) mass is 483 g/mol. The van der Waals surface area contributed by atoms with Crippen LogP contribution in [0.15, 0.2) is 54.6 Å². The molecule has 1 aliphatic rings. The number of carbonyl (C=O) groups is 3. The van der Waals surface area contributed by atoms with Crippen LogP contribution in [0.5, 0.6) is 0 Å². The van der Waals surface area contributed by atoms with Gasteiger partial charge in [0.15, 0.2) is 0 Å². The Morgan fingerprint density at radius 1 is 1.06 bits per heavy atom. The molecule has 0 unspecified atom stereocenters. The zero-order valence-corrected chi connectivity index (χ0v) is 19.2. The Balaban J connectivity index is 1.34. The van der Waals surface area contributed by atoms with Gasteiger partial charge < -0.3 is 15.5 Å². The van der Waals surface area contributed by atoms with Crippen LogP contribution in [0.4, 0.5) is 5.69 Å². The smallest absolute Gasteiger partial charge is 0.286 e. The highest BCUT2D eigenvalue weighted by atomic mass is 35.5. The zero-order valence-electron chi connectivity index (χ0n) is 17.7. The average Bonchev–Trinajstić information content (AvgIpc) is 3.33. The van der Waals surface area contributed by atoms with Crippen molar-refractivity contribution in [2.24, 2.45) is 5.92 Å². The molecule has 2 aromatic carbocycles. The molecular weight excluding hydrogens is 462 g/mol. The molecule has 0 spiro atoms. The highest BCUT2D eigenvalue weighted by Crippen LogP contribution is 2.22. The highest BCUT2D eigenvalue weighted by Gasteiger charge is 2.30. The fourth-order valence-corrected chi connectivity index (χ4v) is 4.49. The number of piperidine rings is 1. The van der Waals surface area contributed by atoms with E-state index in [2.05, 4.69) is 20.8 Å². The van der Waals surface area contributed by atoms with Crippen molar-refractivity contribution in [2.45, 2.75) is 19.4 Å². The van der Waals surface area contributed by atoms with Gasteiger partial charge in [-0.15, -0.1) is 10.2 Å². The number of hydrogen-bond donors (Lipinski definition) is 2. The summed E-state index contributed by atoms with van der Waals surface area (Å²) in [4.78, 5) is 39.6. The first-order valence-corrected chi connectivity index (χ1v) is 11.7. The van der Waals surface area contributed by atoms with Crippen molar-refractivity contribution in [3.05, 3.63) is 75.2 Å². The van der Waals surface area contributed by atoms with Crippen LogP contribution >= 0.6 is 22.9 Å². The molecule has 2 N–H and O–H groups in total. The molecule has 0 saturated carbocycles. The van der Waals surface area contributed by atoms with Crippen molar-refractivity contribution >= 4 is 46.3 Å². The van der Waals surface area contributed by atoms with E-state index < -0.39 is 5.91 Å². The number of amides is 3. The minimum atomic E-state index is -0.467. The number of carbonyl (C=O) groups excluding carboxylic acids is 3. The number of nitrogens with one attached hydrogen (secondary N) is 2. The number of hydrogen-bond acceptors (Lipinski definition) is 6. The van der Waals surface area contributed by atoms with Gasteiger partial charge >= 0.3 is 0 Å². The van der Waals surface area contributed by atoms with E-state index in [1.54, 1.807) is 29.2 Å². The first-order chi connectivity index (χ1) is 16.0. The number of halogens is 1. The molecule has 3 amide bonds. The number of nitrogens with zero attached hydrogens (tertiary/aromatic N) is 3. The van der Waals surface area contributed by atoms with Crippen LogP contribution in [0.1, 0.15) is 38.0 Å². The lowest BCUT2D eigenvalue weighted by Gasteiger charge is -2.31. The molecule has 1 fully saturated rings. The predicted octanol–water partition coefficient (Wildman–Crippen LogP) is 3.61. The van der Waals surface area contributed by atoms with Crippen LogP contribution in [-0.2, 0) is 11.3 Å². The lowest BCUT2D eigenvalue weighted by molar-refractivity contribution is -0.126. The van der Waals surface area contributed by atoms with Gasteiger partial charge in [-0.3, -0.25) is 14.4 Å². The SMILES string of the molecule is O=C(Nc1cccc(Cl)c1)c1nnc(C(=O)N2CCC[C@@H](C(=O)NCc3ccccc3)C2)s1. The fraction of sp³-hybridized carbons (Fsp3) is 0.261. The number of likely N-dealkylation sites (tertiary alicyclic amines) is 1. The molecule has 4 rings (SSSR count). The maximum atomic E-state index is 12.9. The van der Waals surface area contributed by atoms with E-state index in [0.717, 1.165) is 23.3 Å². The Kier molecular flexibility index (Phi) is 7.31. The van der Waals surface area contributed by atoms with Crippen molar-refractivity contribution in [1.29, 1.82) is 0 Å². The Labute approximate surface area is 200 Å². The minimum Gasteiger partial charge on any atom is -0.352 e. The van der Waals surface area contributed by atoms with Gasteiger partial charge in [-0.1, -0.05) is 59.3 Å². The van der Waals surface area contributed by atoms with Gasteiger partial charge in [-0.2, -0.15) is 0 Å². The first kappa shape index (κ1) is 22.9. The molecule has 1 atom stereocenters. The van der Waals surface area contributed by atoms with Crippen LogP contribution < -0.4 is 10.6 Å². The van der Waals surface area contributed by atoms with Crippen LogP contribution in [0, 0.1) is 5.92 Å². The van der Waals surface area contributed by atoms with Gasteiger partial charge in [-0.25, -0.2) is 0 Å². The Hall–Kier alpha value is -3.30. The van der Waals surface area contributed by atoms with Crippen molar-refractivity contribution < 1.29 is 14.4 Å². The zero-order chi connectivity index (χ0) is 23.2. The summed E-state index contributed by atoms with van der Waals surface area (Å²) in [5.41, 5.74) is 1.54. The molecule has 0 aliphatic carbocycles. The summed E-state index contributed by atoms with van der Waals surface area (Å²) < 4.78 is 0. The van der Waals surface area contributed by atoms with E-state index in [1.807, 2.05) is 30.3 Å². The predicted molar refractivity (Wildman–Crippen MR) is 126 cm³/mol. The summed E-state index contributed by atoms with van der Waals surface area (Å²) >= 11 is 6.86. The summed E-state index contributed by atoms with van der Waals surface area (Å²) in [5.74, 6) is -1.15. The summed E-state index contributed by atoms with van der Waals surface area (Å²) in [6, 6.07) is 16.4. The van der Waals surface area contributed by atoms with Crippen molar-refractivity contribution in [2.75, 3.05) is 18.4 Å². The molecule has 170 valence electrons. The quantitative estimate of drug-likeness (QED) is 0.557. The third-order valence-corrected chi connectivity index (χ3v) is 6.42. The lowest BCUT2D eigenvalue weighted by atomic mass is 9.97. The molecule has 8 nitrogen and oxygen atoms in total. The maximum Gasteiger partial charge on any atom is 0.286 e. The van der Waals surface area contributed by atoms with Crippen molar-refractivity contribution in [3.63, 3.8) is 0 Å². The maximum absolute atomic E-state index is 12.9. The fourth-order valence-electron chi connectivity index (χ4n) is 3.59. The van der Waals surface area contributed by atoms with Gasteiger partial charge in [0.2, 0.25) is 15.9 Å². The van der Waals surface area contributed by atoms with E-state index >= 15 is 0 Å². The Morgan fingerprint density at radius 3 is 2.64 bits per heavy atom. The third-order valence-electron chi connectivity index (χ3n) is 5.27. The van der Waals surface area contributed by atoms with Crippen LogP contribution in [0.3, 0.4) is 0 Å². The normalized spacial score (nSPS) is 15.7. The van der Waals surface area contributed by atoms with Crippen LogP contribution in [0.2, 0.25) is 5.02 Å². The third kappa shape index (κ3) is 5.94. The van der Waals surface area contributed by atoms with Gasteiger partial charge in [0.05, 0.1) is 5.92 Å². The molecule has 0 radical (unpaired) electrons. The molecule has 1 aliphatic heterocycles. The van der Waals surface area contributed by atoms with Crippen molar-refractivity contribution in [1.82, 2.24) is 20.4 Å². The second-order valence-electron chi connectivity index (χ2n) is 7.67. The van der Waals surface area contributed by atoms with E-state index in [9.17, 15) is 14.4 Å². The number of benzene rings is 2.